The summed E-state index contributed by atoms with van der Waals surface area (Å²) in [7, 11) is -3.68. The second-order valence-corrected chi connectivity index (χ2v) is 9.15. The number of hydrogen-bond acceptors (Lipinski definition) is 4. The number of rotatable bonds is 10. The van der Waals surface area contributed by atoms with E-state index in [1.54, 1.807) is 24.3 Å². The molecule has 0 fully saturated rings. The number of carbonyl (C=O) groups excluding carboxylic acids is 1. The molecule has 0 bridgehead atoms. The summed E-state index contributed by atoms with van der Waals surface area (Å²) in [4.78, 5) is 13.2. The van der Waals surface area contributed by atoms with Gasteiger partial charge in [-0.1, -0.05) is 43.7 Å². The molecule has 30 heavy (non-hydrogen) atoms. The molecule has 0 aliphatic rings. The van der Waals surface area contributed by atoms with E-state index in [9.17, 15) is 13.2 Å². The summed E-state index contributed by atoms with van der Waals surface area (Å²) in [6.45, 7) is 8.21. The number of nitrogens with one attached hydrogen (secondary N) is 1. The molecule has 2 aromatic rings. The molecule has 0 saturated carbocycles. The van der Waals surface area contributed by atoms with Crippen LogP contribution in [-0.2, 0) is 14.8 Å². The van der Waals surface area contributed by atoms with Crippen molar-refractivity contribution >= 4 is 21.6 Å². The Bertz CT molecular complexity index is 925. The molecule has 164 valence electrons. The van der Waals surface area contributed by atoms with Gasteiger partial charge >= 0.3 is 0 Å². The number of nitrogens with zero attached hydrogens (tertiary/aromatic N) is 1. The van der Waals surface area contributed by atoms with Gasteiger partial charge in [-0.25, -0.2) is 8.42 Å². The van der Waals surface area contributed by atoms with Crippen molar-refractivity contribution in [1.82, 2.24) is 5.32 Å². The van der Waals surface area contributed by atoms with Crippen molar-refractivity contribution in [3.63, 3.8) is 0 Å². The zero-order valence-electron chi connectivity index (χ0n) is 18.4. The van der Waals surface area contributed by atoms with E-state index < -0.39 is 16.1 Å². The van der Waals surface area contributed by atoms with Crippen LogP contribution in [0.2, 0.25) is 0 Å². The molecule has 0 aliphatic carbocycles. The first-order valence-electron chi connectivity index (χ1n) is 10.3. The van der Waals surface area contributed by atoms with E-state index in [2.05, 4.69) is 5.32 Å². The molecule has 0 spiro atoms. The lowest BCUT2D eigenvalue weighted by atomic mass is 10.0. The van der Waals surface area contributed by atoms with Crippen LogP contribution in [-0.4, -0.2) is 33.2 Å². The molecule has 6 nitrogen and oxygen atoms in total. The molecule has 0 unspecified atom stereocenters. The first kappa shape index (κ1) is 23.7. The van der Waals surface area contributed by atoms with Crippen LogP contribution in [0.25, 0.3) is 0 Å². The molecule has 0 heterocycles. The second-order valence-electron chi connectivity index (χ2n) is 7.29. The summed E-state index contributed by atoms with van der Waals surface area (Å²) in [6, 6.07) is 13.7. The standard InChI is InChI=1S/C23H32N2O4S/c1-6-21(18-11-9-17(4)10-12-18)24-23(26)22(7-2)25(30(5,27)28)19-13-15-20(16-14-19)29-8-3/h9-16,21-22H,6-8H2,1-5H3,(H,24,26)/t21-,22+/m0/s1. The summed E-state index contributed by atoms with van der Waals surface area (Å²) >= 11 is 0. The van der Waals surface area contributed by atoms with Crippen LogP contribution in [0.1, 0.15) is 50.8 Å². The zero-order valence-corrected chi connectivity index (χ0v) is 19.2. The second kappa shape index (κ2) is 10.5. The smallest absolute Gasteiger partial charge is 0.244 e. The number of benzene rings is 2. The van der Waals surface area contributed by atoms with Gasteiger partial charge in [0.1, 0.15) is 11.8 Å². The van der Waals surface area contributed by atoms with Gasteiger partial charge in [-0.05, 0) is 56.5 Å². The lowest BCUT2D eigenvalue weighted by Crippen LogP contribution is -2.50. The van der Waals surface area contributed by atoms with E-state index in [1.165, 1.54) is 4.31 Å². The maximum atomic E-state index is 13.2. The predicted molar refractivity (Wildman–Crippen MR) is 121 cm³/mol. The van der Waals surface area contributed by atoms with Crippen LogP contribution < -0.4 is 14.4 Å². The molecule has 0 radical (unpaired) electrons. The molecule has 2 atom stereocenters. The SMILES string of the molecule is CCOc1ccc(N([C@H](CC)C(=O)N[C@@H](CC)c2ccc(C)cc2)S(C)(=O)=O)cc1. The summed E-state index contributed by atoms with van der Waals surface area (Å²) < 4.78 is 31.9. The maximum Gasteiger partial charge on any atom is 0.244 e. The highest BCUT2D eigenvalue weighted by Crippen LogP contribution is 2.26. The maximum absolute atomic E-state index is 13.2. The lowest BCUT2D eigenvalue weighted by molar-refractivity contribution is -0.123. The first-order valence-corrected chi connectivity index (χ1v) is 12.1. The lowest BCUT2D eigenvalue weighted by Gasteiger charge is -2.31. The van der Waals surface area contributed by atoms with Crippen LogP contribution in [0.5, 0.6) is 5.75 Å². The fraction of sp³-hybridized carbons (Fsp3) is 0.435. The third-order valence-electron chi connectivity index (χ3n) is 4.94. The highest BCUT2D eigenvalue weighted by atomic mass is 32.2. The number of sulfonamides is 1. The largest absolute Gasteiger partial charge is 0.494 e. The van der Waals surface area contributed by atoms with Crippen LogP contribution in [0.15, 0.2) is 48.5 Å². The van der Waals surface area contributed by atoms with E-state index in [0.29, 0.717) is 30.9 Å². The summed E-state index contributed by atoms with van der Waals surface area (Å²) in [5.74, 6) is 0.335. The number of anilines is 1. The Balaban J connectivity index is 2.31. The average Bonchev–Trinajstić information content (AvgIpc) is 2.71. The minimum atomic E-state index is -3.68. The van der Waals surface area contributed by atoms with Crippen LogP contribution >= 0.6 is 0 Å². The zero-order chi connectivity index (χ0) is 22.3. The van der Waals surface area contributed by atoms with Crippen LogP contribution in [0, 0.1) is 6.92 Å². The topological polar surface area (TPSA) is 75.7 Å². The average molecular weight is 433 g/mol. The summed E-state index contributed by atoms with van der Waals surface area (Å²) in [5, 5.41) is 3.04. The molecule has 2 rings (SSSR count). The van der Waals surface area contributed by atoms with Crippen molar-refractivity contribution in [2.45, 2.75) is 52.6 Å². The quantitative estimate of drug-likeness (QED) is 0.610. The highest BCUT2D eigenvalue weighted by Gasteiger charge is 2.32. The molecule has 0 saturated heterocycles. The molecule has 7 heteroatoms. The van der Waals surface area contributed by atoms with Crippen molar-refractivity contribution < 1.29 is 17.9 Å². The Hall–Kier alpha value is -2.54. The van der Waals surface area contributed by atoms with E-state index in [-0.39, 0.29) is 11.9 Å². The Labute approximate surface area is 180 Å². The van der Waals surface area contributed by atoms with E-state index in [0.717, 1.165) is 17.4 Å². The van der Waals surface area contributed by atoms with Gasteiger partial charge < -0.3 is 10.1 Å². The summed E-state index contributed by atoms with van der Waals surface area (Å²) in [5.41, 5.74) is 2.58. The van der Waals surface area contributed by atoms with Gasteiger partial charge in [-0.15, -0.1) is 0 Å². The van der Waals surface area contributed by atoms with E-state index in [1.807, 2.05) is 52.0 Å². The Morgan fingerprint density at radius 1 is 1.00 bits per heavy atom. The van der Waals surface area contributed by atoms with Gasteiger partial charge in [-0.2, -0.15) is 0 Å². The number of hydrogen-bond donors (Lipinski definition) is 1. The molecule has 2 aromatic carbocycles. The summed E-state index contributed by atoms with van der Waals surface area (Å²) in [6.07, 6.45) is 2.17. The first-order chi connectivity index (χ1) is 14.2. The van der Waals surface area contributed by atoms with Crippen molar-refractivity contribution in [1.29, 1.82) is 0 Å². The van der Waals surface area contributed by atoms with E-state index >= 15 is 0 Å². The van der Waals surface area contributed by atoms with Crippen LogP contribution in [0.3, 0.4) is 0 Å². The third kappa shape index (κ3) is 5.98. The van der Waals surface area contributed by atoms with Crippen molar-refractivity contribution in [3.05, 3.63) is 59.7 Å². The Morgan fingerprint density at radius 3 is 2.07 bits per heavy atom. The monoisotopic (exact) mass is 432 g/mol. The van der Waals surface area contributed by atoms with Crippen molar-refractivity contribution in [2.75, 3.05) is 17.2 Å². The highest BCUT2D eigenvalue weighted by molar-refractivity contribution is 7.92. The van der Waals surface area contributed by atoms with Gasteiger partial charge in [0, 0.05) is 0 Å². The van der Waals surface area contributed by atoms with Crippen molar-refractivity contribution in [2.24, 2.45) is 0 Å². The number of ether oxygens (including phenoxy) is 1. The van der Waals surface area contributed by atoms with Gasteiger partial charge in [0.25, 0.3) is 0 Å². The van der Waals surface area contributed by atoms with Crippen LogP contribution in [0.4, 0.5) is 5.69 Å². The van der Waals surface area contributed by atoms with Gasteiger partial charge in [0.05, 0.1) is 24.6 Å². The third-order valence-corrected chi connectivity index (χ3v) is 6.12. The minimum absolute atomic E-state index is 0.186. The predicted octanol–water partition coefficient (Wildman–Crippen LogP) is 4.21. The molecular weight excluding hydrogens is 400 g/mol. The van der Waals surface area contributed by atoms with E-state index in [4.69, 9.17) is 4.74 Å². The minimum Gasteiger partial charge on any atom is -0.494 e. The molecular formula is C23H32N2O4S. The molecule has 0 aromatic heterocycles. The molecule has 0 aliphatic heterocycles. The van der Waals surface area contributed by atoms with Gasteiger partial charge in [-0.3, -0.25) is 9.10 Å². The van der Waals surface area contributed by atoms with Gasteiger partial charge in [0.15, 0.2) is 0 Å². The number of carbonyl (C=O) groups is 1. The Kier molecular flexibility index (Phi) is 8.29. The normalized spacial score (nSPS) is 13.4. The fourth-order valence-electron chi connectivity index (χ4n) is 3.40. The number of amides is 1. The van der Waals surface area contributed by atoms with Gasteiger partial charge in [0.2, 0.25) is 15.9 Å². The fourth-order valence-corrected chi connectivity index (χ4v) is 4.62. The molecule has 1 amide bonds. The Morgan fingerprint density at radius 2 is 1.60 bits per heavy atom. The number of aryl methyl sites for hydroxylation is 1. The van der Waals surface area contributed by atoms with Crippen molar-refractivity contribution in [3.8, 4) is 5.75 Å². The molecule has 1 N–H and O–H groups in total.